The van der Waals surface area contributed by atoms with Crippen molar-refractivity contribution in [2.75, 3.05) is 4.90 Å². The Labute approximate surface area is 257 Å². The molecule has 1 nitrogen and oxygen atoms in total. The van der Waals surface area contributed by atoms with Gasteiger partial charge in [-0.15, -0.1) is 22.7 Å². The van der Waals surface area contributed by atoms with Crippen LogP contribution in [0.3, 0.4) is 0 Å². The van der Waals surface area contributed by atoms with E-state index in [1.165, 1.54) is 62.2 Å². The maximum absolute atomic E-state index is 2.41. The van der Waals surface area contributed by atoms with Gasteiger partial charge in [0.05, 0.1) is 0 Å². The van der Waals surface area contributed by atoms with Crippen LogP contribution in [0.1, 0.15) is 0 Å². The summed E-state index contributed by atoms with van der Waals surface area (Å²) >= 11 is 3.74. The molecular formula is C40H25NS2. The molecule has 0 amide bonds. The summed E-state index contributed by atoms with van der Waals surface area (Å²) in [6.45, 7) is 0. The SMILES string of the molecule is c1ccc(-c2ccc(N(c3ccc4c(c3)sc3ccccc34)c3ccc4ccc5sc6ccccc6c5c4c3)cc2)cc1. The fraction of sp³-hybridized carbons (Fsp3) is 0. The minimum atomic E-state index is 1.14. The molecule has 9 rings (SSSR count). The van der Waals surface area contributed by atoms with Gasteiger partial charge >= 0.3 is 0 Å². The lowest BCUT2D eigenvalue weighted by molar-refractivity contribution is 1.30. The molecular weight excluding hydrogens is 559 g/mol. The van der Waals surface area contributed by atoms with Gasteiger partial charge in [0.25, 0.3) is 0 Å². The first-order valence-electron chi connectivity index (χ1n) is 14.5. The first-order chi connectivity index (χ1) is 21.3. The van der Waals surface area contributed by atoms with Crippen molar-refractivity contribution in [3.63, 3.8) is 0 Å². The summed E-state index contributed by atoms with van der Waals surface area (Å²) in [4.78, 5) is 2.41. The fourth-order valence-electron chi connectivity index (χ4n) is 6.40. The minimum Gasteiger partial charge on any atom is -0.310 e. The van der Waals surface area contributed by atoms with E-state index in [0.29, 0.717) is 0 Å². The van der Waals surface area contributed by atoms with Crippen molar-refractivity contribution in [3.05, 3.63) is 152 Å². The molecule has 0 fully saturated rings. The van der Waals surface area contributed by atoms with Crippen LogP contribution in [0.4, 0.5) is 17.1 Å². The van der Waals surface area contributed by atoms with Crippen LogP contribution >= 0.6 is 22.7 Å². The summed E-state index contributed by atoms with van der Waals surface area (Å²) in [6.07, 6.45) is 0. The highest BCUT2D eigenvalue weighted by atomic mass is 32.1. The van der Waals surface area contributed by atoms with E-state index in [9.17, 15) is 0 Å². The van der Waals surface area contributed by atoms with Gasteiger partial charge in [-0.2, -0.15) is 0 Å². The summed E-state index contributed by atoms with van der Waals surface area (Å²) in [6, 6.07) is 55.5. The topological polar surface area (TPSA) is 3.24 Å². The van der Waals surface area contributed by atoms with Gasteiger partial charge in [-0.05, 0) is 76.5 Å². The van der Waals surface area contributed by atoms with Crippen LogP contribution in [0, 0.1) is 0 Å². The second kappa shape index (κ2) is 9.81. The second-order valence-corrected chi connectivity index (χ2v) is 13.1. The third-order valence-corrected chi connectivity index (χ3v) is 10.7. The van der Waals surface area contributed by atoms with Gasteiger partial charge in [0.1, 0.15) is 0 Å². The molecule has 0 aliphatic heterocycles. The Kier molecular flexibility index (Phi) is 5.62. The normalized spacial score (nSPS) is 11.7. The zero-order valence-electron chi connectivity index (χ0n) is 23.2. The highest BCUT2D eigenvalue weighted by Gasteiger charge is 2.17. The smallest absolute Gasteiger partial charge is 0.0476 e. The van der Waals surface area contributed by atoms with Crippen LogP contribution in [0.2, 0.25) is 0 Å². The van der Waals surface area contributed by atoms with E-state index < -0.39 is 0 Å². The zero-order valence-corrected chi connectivity index (χ0v) is 24.8. The van der Waals surface area contributed by atoms with Gasteiger partial charge in [0, 0.05) is 57.4 Å². The standard InChI is InChI=1S/C40H25NS2/c1-2-8-26(9-3-1)27-14-18-29(19-15-27)41(31-21-22-33-32-10-4-6-12-36(32)43-39(33)25-31)30-20-16-28-17-23-38-40(35(28)24-30)34-11-5-7-13-37(34)42-38/h1-25H. The largest absolute Gasteiger partial charge is 0.310 e. The van der Waals surface area contributed by atoms with Crippen LogP contribution < -0.4 is 4.90 Å². The number of fused-ring (bicyclic) bond motifs is 8. The molecule has 0 radical (unpaired) electrons. The van der Waals surface area contributed by atoms with Gasteiger partial charge < -0.3 is 4.90 Å². The fourth-order valence-corrected chi connectivity index (χ4v) is 8.67. The zero-order chi connectivity index (χ0) is 28.3. The Bertz CT molecular complexity index is 2450. The van der Waals surface area contributed by atoms with E-state index in [1.807, 2.05) is 22.7 Å². The van der Waals surface area contributed by atoms with Crippen LogP contribution in [-0.2, 0) is 0 Å². The average molecular weight is 584 g/mol. The van der Waals surface area contributed by atoms with Crippen molar-refractivity contribution in [2.45, 2.75) is 0 Å². The monoisotopic (exact) mass is 583 g/mol. The van der Waals surface area contributed by atoms with Crippen LogP contribution in [-0.4, -0.2) is 0 Å². The van der Waals surface area contributed by atoms with E-state index >= 15 is 0 Å². The maximum Gasteiger partial charge on any atom is 0.0476 e. The molecule has 7 aromatic carbocycles. The Morgan fingerprint density at radius 1 is 0.349 bits per heavy atom. The van der Waals surface area contributed by atoms with Crippen molar-refractivity contribution >= 4 is 90.9 Å². The number of thiophene rings is 2. The first-order valence-corrected chi connectivity index (χ1v) is 16.1. The lowest BCUT2D eigenvalue weighted by Gasteiger charge is -2.26. The van der Waals surface area contributed by atoms with Gasteiger partial charge in [0.15, 0.2) is 0 Å². The number of benzene rings is 7. The third kappa shape index (κ3) is 4.04. The van der Waals surface area contributed by atoms with Gasteiger partial charge in [-0.3, -0.25) is 0 Å². The molecule has 202 valence electrons. The van der Waals surface area contributed by atoms with Gasteiger partial charge in [-0.25, -0.2) is 0 Å². The quantitative estimate of drug-likeness (QED) is 0.199. The van der Waals surface area contributed by atoms with E-state index in [2.05, 4.69) is 157 Å². The third-order valence-electron chi connectivity index (χ3n) is 8.45. The van der Waals surface area contributed by atoms with E-state index in [1.54, 1.807) is 0 Å². The molecule has 0 bridgehead atoms. The Morgan fingerprint density at radius 2 is 0.930 bits per heavy atom. The molecule has 0 N–H and O–H groups in total. The van der Waals surface area contributed by atoms with Crippen LogP contribution in [0.25, 0.3) is 62.2 Å². The molecule has 2 heterocycles. The van der Waals surface area contributed by atoms with Crippen molar-refractivity contribution in [3.8, 4) is 11.1 Å². The predicted molar refractivity (Wildman–Crippen MR) is 190 cm³/mol. The lowest BCUT2D eigenvalue weighted by atomic mass is 10.0. The minimum absolute atomic E-state index is 1.14. The average Bonchev–Trinajstić information content (AvgIpc) is 3.64. The molecule has 0 saturated heterocycles. The number of hydrogen-bond donors (Lipinski definition) is 0. The predicted octanol–water partition coefficient (Wildman–Crippen LogP) is 12.7. The Balaban J connectivity index is 1.27. The van der Waals surface area contributed by atoms with Crippen molar-refractivity contribution in [1.82, 2.24) is 0 Å². The highest BCUT2D eigenvalue weighted by Crippen LogP contribution is 2.44. The lowest BCUT2D eigenvalue weighted by Crippen LogP contribution is -2.09. The molecule has 0 atom stereocenters. The molecule has 9 aromatic rings. The molecule has 2 aromatic heterocycles. The number of nitrogens with zero attached hydrogens (tertiary/aromatic N) is 1. The summed E-state index contributed by atoms with van der Waals surface area (Å²) in [5.74, 6) is 0. The summed E-state index contributed by atoms with van der Waals surface area (Å²) in [7, 11) is 0. The molecule has 0 spiro atoms. The van der Waals surface area contributed by atoms with E-state index in [0.717, 1.165) is 17.1 Å². The summed E-state index contributed by atoms with van der Waals surface area (Å²) < 4.78 is 5.29. The second-order valence-electron chi connectivity index (χ2n) is 11.0. The summed E-state index contributed by atoms with van der Waals surface area (Å²) in [5.41, 5.74) is 5.90. The molecule has 0 aliphatic rings. The van der Waals surface area contributed by atoms with Crippen LogP contribution in [0.15, 0.2) is 152 Å². The number of anilines is 3. The maximum atomic E-state index is 2.41. The Morgan fingerprint density at radius 3 is 1.77 bits per heavy atom. The number of hydrogen-bond acceptors (Lipinski definition) is 3. The van der Waals surface area contributed by atoms with Crippen molar-refractivity contribution in [1.29, 1.82) is 0 Å². The van der Waals surface area contributed by atoms with E-state index in [4.69, 9.17) is 0 Å². The first kappa shape index (κ1) is 24.6. The van der Waals surface area contributed by atoms with Crippen molar-refractivity contribution in [2.24, 2.45) is 0 Å². The van der Waals surface area contributed by atoms with Crippen molar-refractivity contribution < 1.29 is 0 Å². The Hall–Kier alpha value is -4.96. The molecule has 0 saturated carbocycles. The molecule has 43 heavy (non-hydrogen) atoms. The highest BCUT2D eigenvalue weighted by molar-refractivity contribution is 7.26. The van der Waals surface area contributed by atoms with Gasteiger partial charge in [-0.1, -0.05) is 97.1 Å². The number of rotatable bonds is 4. The van der Waals surface area contributed by atoms with E-state index in [-0.39, 0.29) is 0 Å². The van der Waals surface area contributed by atoms with Crippen LogP contribution in [0.5, 0.6) is 0 Å². The molecule has 3 heteroatoms. The van der Waals surface area contributed by atoms with Gasteiger partial charge in [0.2, 0.25) is 0 Å². The molecule has 0 aliphatic carbocycles. The summed E-state index contributed by atoms with van der Waals surface area (Å²) in [5, 5.41) is 7.87. The molecule has 0 unspecified atom stereocenters.